The molecular weight excluding hydrogens is 200 g/mol. The van der Waals surface area contributed by atoms with Gasteiger partial charge in [0.2, 0.25) is 0 Å². The zero-order chi connectivity index (χ0) is 11.5. The molecule has 1 aliphatic heterocycles. The fraction of sp³-hybridized carbons (Fsp3) is 0.357. The maximum Gasteiger partial charge on any atom is 0.309 e. The fourth-order valence-corrected chi connectivity index (χ4v) is 2.28. The maximum absolute atomic E-state index is 11.4. The van der Waals surface area contributed by atoms with Gasteiger partial charge in [0.15, 0.2) is 0 Å². The van der Waals surface area contributed by atoms with Crippen molar-refractivity contribution in [2.45, 2.75) is 12.8 Å². The molecule has 1 aromatic carbocycles. The molecule has 0 bridgehead atoms. The highest BCUT2D eigenvalue weighted by Gasteiger charge is 2.37. The number of ether oxygens (including phenoxy) is 1. The Labute approximate surface area is 95.9 Å². The smallest absolute Gasteiger partial charge is 0.309 e. The van der Waals surface area contributed by atoms with Crippen LogP contribution in [0.4, 0.5) is 0 Å². The Morgan fingerprint density at radius 3 is 2.62 bits per heavy atom. The summed E-state index contributed by atoms with van der Waals surface area (Å²) in [6, 6.07) is 10.1. The molecule has 0 unspecified atom stereocenters. The zero-order valence-electron chi connectivity index (χ0n) is 9.43. The van der Waals surface area contributed by atoms with Gasteiger partial charge in [0.05, 0.1) is 12.5 Å². The van der Waals surface area contributed by atoms with Gasteiger partial charge in [-0.1, -0.05) is 43.3 Å². The fourth-order valence-electron chi connectivity index (χ4n) is 2.28. The van der Waals surface area contributed by atoms with E-state index in [4.69, 9.17) is 4.74 Å². The zero-order valence-corrected chi connectivity index (χ0v) is 9.43. The molecule has 1 saturated heterocycles. The van der Waals surface area contributed by atoms with E-state index in [1.54, 1.807) is 0 Å². The molecule has 1 fully saturated rings. The summed E-state index contributed by atoms with van der Waals surface area (Å²) in [6.45, 7) is 6.31. The minimum absolute atomic E-state index is 0.0387. The Balaban J connectivity index is 2.24. The van der Waals surface area contributed by atoms with Crippen LogP contribution in [0.2, 0.25) is 0 Å². The van der Waals surface area contributed by atoms with Crippen molar-refractivity contribution in [1.29, 1.82) is 0 Å². The summed E-state index contributed by atoms with van der Waals surface area (Å²) in [6.07, 6.45) is 1.92. The average molecular weight is 216 g/mol. The minimum Gasteiger partial charge on any atom is -0.465 e. The molecule has 3 atom stereocenters. The first kappa shape index (κ1) is 10.9. The molecule has 0 saturated carbocycles. The van der Waals surface area contributed by atoms with Gasteiger partial charge in [-0.05, 0) is 5.56 Å². The van der Waals surface area contributed by atoms with Gasteiger partial charge < -0.3 is 4.74 Å². The Kier molecular flexibility index (Phi) is 3.09. The third-order valence-corrected chi connectivity index (χ3v) is 3.33. The monoisotopic (exact) mass is 216 g/mol. The number of cyclic esters (lactones) is 1. The van der Waals surface area contributed by atoms with Crippen LogP contribution in [0.3, 0.4) is 0 Å². The Morgan fingerprint density at radius 1 is 1.44 bits per heavy atom. The third-order valence-electron chi connectivity index (χ3n) is 3.33. The molecule has 1 aliphatic rings. The predicted octanol–water partition coefficient (Wildman–Crippen LogP) is 2.77. The number of rotatable bonds is 3. The van der Waals surface area contributed by atoms with Crippen LogP contribution in [0.15, 0.2) is 43.0 Å². The van der Waals surface area contributed by atoms with E-state index in [0.29, 0.717) is 6.61 Å². The summed E-state index contributed by atoms with van der Waals surface area (Å²) in [5.74, 6) is 0.283. The summed E-state index contributed by atoms with van der Waals surface area (Å²) < 4.78 is 5.10. The lowest BCUT2D eigenvalue weighted by Gasteiger charge is -2.21. The van der Waals surface area contributed by atoms with Crippen LogP contribution in [0.1, 0.15) is 18.4 Å². The van der Waals surface area contributed by atoms with Crippen LogP contribution >= 0.6 is 0 Å². The molecule has 0 spiro atoms. The number of hydrogen-bond donors (Lipinski definition) is 0. The van der Waals surface area contributed by atoms with Crippen LogP contribution in [0, 0.1) is 11.8 Å². The highest BCUT2D eigenvalue weighted by Crippen LogP contribution is 2.35. The van der Waals surface area contributed by atoms with Gasteiger partial charge in [-0.25, -0.2) is 0 Å². The maximum atomic E-state index is 11.4. The van der Waals surface area contributed by atoms with Gasteiger partial charge in [0.1, 0.15) is 0 Å². The first-order valence-electron chi connectivity index (χ1n) is 5.58. The van der Waals surface area contributed by atoms with Crippen LogP contribution in [0.5, 0.6) is 0 Å². The van der Waals surface area contributed by atoms with Gasteiger partial charge in [0.25, 0.3) is 0 Å². The van der Waals surface area contributed by atoms with Crippen molar-refractivity contribution in [3.8, 4) is 0 Å². The van der Waals surface area contributed by atoms with Gasteiger partial charge in [-0.2, -0.15) is 0 Å². The van der Waals surface area contributed by atoms with Crippen LogP contribution in [-0.4, -0.2) is 12.6 Å². The van der Waals surface area contributed by atoms with Gasteiger partial charge in [-0.15, -0.1) is 6.58 Å². The van der Waals surface area contributed by atoms with Crippen molar-refractivity contribution in [3.63, 3.8) is 0 Å². The summed E-state index contributed by atoms with van der Waals surface area (Å²) in [7, 11) is 0. The molecule has 0 aliphatic carbocycles. The number of hydrogen-bond acceptors (Lipinski definition) is 2. The molecular formula is C14H16O2. The molecule has 0 radical (unpaired) electrons. The second-order valence-electron chi connectivity index (χ2n) is 4.25. The van der Waals surface area contributed by atoms with E-state index in [1.807, 2.05) is 31.2 Å². The Hall–Kier alpha value is -1.57. The Morgan fingerprint density at radius 2 is 2.12 bits per heavy atom. The van der Waals surface area contributed by atoms with E-state index < -0.39 is 0 Å². The molecule has 0 aromatic heterocycles. The summed E-state index contributed by atoms with van der Waals surface area (Å²) in [4.78, 5) is 11.4. The highest BCUT2D eigenvalue weighted by atomic mass is 16.5. The molecule has 2 nitrogen and oxygen atoms in total. The first-order valence-corrected chi connectivity index (χ1v) is 5.58. The van der Waals surface area contributed by atoms with Gasteiger partial charge in [0, 0.05) is 11.8 Å². The van der Waals surface area contributed by atoms with Crippen molar-refractivity contribution in [2.75, 3.05) is 6.61 Å². The van der Waals surface area contributed by atoms with Gasteiger partial charge >= 0.3 is 5.97 Å². The van der Waals surface area contributed by atoms with Crippen molar-refractivity contribution in [2.24, 2.45) is 11.8 Å². The first-order chi connectivity index (χ1) is 7.74. The lowest BCUT2D eigenvalue weighted by Crippen LogP contribution is -2.18. The molecule has 16 heavy (non-hydrogen) atoms. The SMILES string of the molecule is C=C[C@H](c1ccccc1)[C@@H]1COC(=O)[C@H]1C. The standard InChI is InChI=1S/C14H16O2/c1-3-12(11-7-5-4-6-8-11)13-9-16-14(15)10(13)2/h3-8,10,12-13H,1,9H2,2H3/t10-,12+,13+/m0/s1. The number of benzene rings is 1. The molecule has 0 amide bonds. The summed E-state index contributed by atoms with van der Waals surface area (Å²) in [5, 5.41) is 0. The Bertz CT molecular complexity index is 383. The second kappa shape index (κ2) is 4.52. The normalized spacial score (nSPS) is 26.2. The largest absolute Gasteiger partial charge is 0.465 e. The lowest BCUT2D eigenvalue weighted by molar-refractivity contribution is -0.140. The van der Waals surface area contributed by atoms with Gasteiger partial charge in [-0.3, -0.25) is 4.79 Å². The summed E-state index contributed by atoms with van der Waals surface area (Å²) in [5.41, 5.74) is 1.20. The topological polar surface area (TPSA) is 26.3 Å². The molecule has 1 heterocycles. The van der Waals surface area contributed by atoms with Crippen molar-refractivity contribution < 1.29 is 9.53 Å². The predicted molar refractivity (Wildman–Crippen MR) is 63.0 cm³/mol. The second-order valence-corrected chi connectivity index (χ2v) is 4.25. The quantitative estimate of drug-likeness (QED) is 0.573. The minimum atomic E-state index is -0.0900. The number of carbonyl (C=O) groups excluding carboxylic acids is 1. The van der Waals surface area contributed by atoms with E-state index in [9.17, 15) is 4.79 Å². The molecule has 2 heteroatoms. The number of allylic oxidation sites excluding steroid dienone is 1. The summed E-state index contributed by atoms with van der Waals surface area (Å²) >= 11 is 0. The van der Waals surface area contributed by atoms with E-state index >= 15 is 0 Å². The third kappa shape index (κ3) is 1.87. The van der Waals surface area contributed by atoms with Crippen LogP contribution < -0.4 is 0 Å². The van der Waals surface area contributed by atoms with Crippen molar-refractivity contribution in [3.05, 3.63) is 48.6 Å². The molecule has 84 valence electrons. The highest BCUT2D eigenvalue weighted by molar-refractivity contribution is 5.74. The van der Waals surface area contributed by atoms with E-state index in [-0.39, 0.29) is 23.7 Å². The number of carbonyl (C=O) groups is 1. The van der Waals surface area contributed by atoms with E-state index in [0.717, 1.165) is 0 Å². The van der Waals surface area contributed by atoms with E-state index in [2.05, 4.69) is 18.7 Å². The van der Waals surface area contributed by atoms with Crippen LogP contribution in [-0.2, 0) is 9.53 Å². The van der Waals surface area contributed by atoms with Crippen LogP contribution in [0.25, 0.3) is 0 Å². The van der Waals surface area contributed by atoms with E-state index in [1.165, 1.54) is 5.56 Å². The molecule has 0 N–H and O–H groups in total. The number of esters is 1. The molecule has 2 rings (SSSR count). The molecule has 1 aromatic rings. The van der Waals surface area contributed by atoms with Crippen molar-refractivity contribution in [1.82, 2.24) is 0 Å². The average Bonchev–Trinajstić information content (AvgIpc) is 2.64. The lowest BCUT2D eigenvalue weighted by atomic mass is 9.80. The van der Waals surface area contributed by atoms with Crippen molar-refractivity contribution >= 4 is 5.97 Å².